The van der Waals surface area contributed by atoms with Crippen LogP contribution in [0.4, 0.5) is 13.2 Å². The van der Waals surface area contributed by atoms with E-state index < -0.39 is 47.5 Å². The van der Waals surface area contributed by atoms with E-state index in [-0.39, 0.29) is 23.6 Å². The first-order valence-electron chi connectivity index (χ1n) is 12.8. The summed E-state index contributed by atoms with van der Waals surface area (Å²) in [5.74, 6) is -3.33. The number of fused-ring (bicyclic) bond motifs is 1. The molecule has 0 bridgehead atoms. The maximum absolute atomic E-state index is 14.3. The lowest BCUT2D eigenvalue weighted by Crippen LogP contribution is -2.52. The Morgan fingerprint density at radius 3 is 2.57 bits per heavy atom. The van der Waals surface area contributed by atoms with Crippen molar-refractivity contribution in [1.82, 2.24) is 15.6 Å². The van der Waals surface area contributed by atoms with Crippen molar-refractivity contribution in [1.29, 1.82) is 0 Å². The average molecular weight is 520 g/mol. The highest BCUT2D eigenvalue weighted by Crippen LogP contribution is 2.48. The van der Waals surface area contributed by atoms with Crippen molar-refractivity contribution >= 4 is 5.91 Å². The summed E-state index contributed by atoms with van der Waals surface area (Å²) in [7, 11) is 0. The van der Waals surface area contributed by atoms with Crippen molar-refractivity contribution < 1.29 is 27.8 Å². The molecule has 202 valence electrons. The van der Waals surface area contributed by atoms with Crippen LogP contribution in [0.25, 0.3) is 0 Å². The van der Waals surface area contributed by atoms with Crippen LogP contribution in [0.5, 0.6) is 5.88 Å². The molecule has 1 saturated carbocycles. The zero-order valence-electron chi connectivity index (χ0n) is 21.8. The molecule has 0 radical (unpaired) electrons. The largest absolute Gasteiger partial charge is 0.471 e. The number of halogens is 3. The summed E-state index contributed by atoms with van der Waals surface area (Å²) in [4.78, 5) is 16.4. The number of hydrogen-bond acceptors (Lipinski definition) is 5. The van der Waals surface area contributed by atoms with Gasteiger partial charge in [-0.25, -0.2) is 18.2 Å². The Labute approximate surface area is 216 Å². The predicted octanol–water partition coefficient (Wildman–Crippen LogP) is 4.53. The summed E-state index contributed by atoms with van der Waals surface area (Å²) < 4.78 is 48.6. The zero-order chi connectivity index (χ0) is 27.0. The molecule has 2 aromatic rings. The highest BCUT2D eigenvalue weighted by Gasteiger charge is 2.46. The number of nitrogens with zero attached hydrogens (tertiary/aromatic N) is 1. The van der Waals surface area contributed by atoms with E-state index in [4.69, 9.17) is 4.74 Å². The van der Waals surface area contributed by atoms with E-state index in [0.29, 0.717) is 18.4 Å². The average Bonchev–Trinajstić information content (AvgIpc) is 2.79. The Balaban J connectivity index is 1.53. The van der Waals surface area contributed by atoms with Crippen molar-refractivity contribution in [3.63, 3.8) is 0 Å². The van der Waals surface area contributed by atoms with Crippen molar-refractivity contribution in [3.05, 3.63) is 58.5 Å². The Hall–Kier alpha value is -2.65. The van der Waals surface area contributed by atoms with Crippen LogP contribution in [0, 0.1) is 22.9 Å². The van der Waals surface area contributed by atoms with Gasteiger partial charge in [0.2, 0.25) is 11.8 Å². The molecule has 1 aliphatic heterocycles. The Bertz CT molecular complexity index is 1150. The highest BCUT2D eigenvalue weighted by molar-refractivity contribution is 5.73. The molecule has 0 unspecified atom stereocenters. The number of ether oxygens (including phenoxy) is 1. The minimum Gasteiger partial charge on any atom is -0.471 e. The number of carbonyl (C=O) groups is 1. The smallest absolute Gasteiger partial charge is 0.218 e. The van der Waals surface area contributed by atoms with Crippen molar-refractivity contribution in [2.24, 2.45) is 5.41 Å². The van der Waals surface area contributed by atoms with E-state index in [9.17, 15) is 23.1 Å². The molecule has 1 spiro atoms. The fourth-order valence-corrected chi connectivity index (χ4v) is 5.27. The van der Waals surface area contributed by atoms with Gasteiger partial charge in [0, 0.05) is 49.7 Å². The van der Waals surface area contributed by atoms with Crippen molar-refractivity contribution in [2.45, 2.75) is 90.0 Å². The van der Waals surface area contributed by atoms with Gasteiger partial charge >= 0.3 is 0 Å². The molecule has 2 aliphatic rings. The first-order valence-corrected chi connectivity index (χ1v) is 12.8. The molecule has 1 aromatic heterocycles. The number of benzene rings is 1. The minimum atomic E-state index is -1.32. The molecule has 4 rings (SSSR count). The fraction of sp³-hybridized carbons (Fsp3) is 0.571. The van der Waals surface area contributed by atoms with Gasteiger partial charge in [0.1, 0.15) is 11.4 Å². The van der Waals surface area contributed by atoms with Gasteiger partial charge in [-0.15, -0.1) is 0 Å². The molecular weight excluding hydrogens is 483 g/mol. The topological polar surface area (TPSA) is 83.5 Å². The van der Waals surface area contributed by atoms with Crippen LogP contribution in [-0.2, 0) is 17.6 Å². The molecule has 37 heavy (non-hydrogen) atoms. The number of nitrogens with one attached hydrogen (secondary N) is 2. The number of carbonyl (C=O) groups excluding carboxylic acids is 1. The van der Waals surface area contributed by atoms with E-state index in [0.717, 1.165) is 42.9 Å². The lowest BCUT2D eigenvalue weighted by Gasteiger charge is -2.47. The number of aliphatic hydroxyl groups is 1. The molecule has 1 aliphatic carbocycles. The zero-order valence-corrected chi connectivity index (χ0v) is 21.8. The van der Waals surface area contributed by atoms with Crippen LogP contribution >= 0.6 is 0 Å². The Morgan fingerprint density at radius 2 is 1.95 bits per heavy atom. The summed E-state index contributed by atoms with van der Waals surface area (Å²) in [6.07, 6.45) is 4.71. The van der Waals surface area contributed by atoms with Gasteiger partial charge < -0.3 is 20.5 Å². The molecule has 9 heteroatoms. The second kappa shape index (κ2) is 10.6. The number of aromatic nitrogens is 1. The van der Waals surface area contributed by atoms with E-state index in [1.54, 1.807) is 0 Å². The normalized spacial score (nSPS) is 19.9. The lowest BCUT2D eigenvalue weighted by atomic mass is 9.73. The van der Waals surface area contributed by atoms with Crippen LogP contribution in [0.15, 0.2) is 24.4 Å². The van der Waals surface area contributed by atoms with Crippen molar-refractivity contribution in [2.75, 3.05) is 6.54 Å². The van der Waals surface area contributed by atoms with E-state index in [1.165, 1.54) is 6.92 Å². The van der Waals surface area contributed by atoms with Crippen LogP contribution in [0.3, 0.4) is 0 Å². The van der Waals surface area contributed by atoms with Gasteiger partial charge in [-0.05, 0) is 54.9 Å². The second-order valence-electron chi connectivity index (χ2n) is 11.7. The van der Waals surface area contributed by atoms with Gasteiger partial charge in [0.15, 0.2) is 11.6 Å². The monoisotopic (exact) mass is 519 g/mol. The summed E-state index contributed by atoms with van der Waals surface area (Å²) in [6, 6.07) is 2.44. The SMILES string of the molecule is CC(=O)N[C@@H](Cc1c(F)ccc(F)c1F)[C@@H](O)CN[C@H]1CC2(CCC2)Oc2ncc(CC(C)(C)C)cc21. The molecule has 3 N–H and O–H groups in total. The van der Waals surface area contributed by atoms with Crippen LogP contribution < -0.4 is 15.4 Å². The van der Waals surface area contributed by atoms with E-state index in [1.807, 2.05) is 6.20 Å². The maximum atomic E-state index is 14.3. The Morgan fingerprint density at radius 1 is 1.24 bits per heavy atom. The number of pyridine rings is 1. The standard InChI is InChI=1S/C28H36F3N3O3/c1-16(35)34-22(11-18-20(29)6-7-21(30)25(18)31)24(36)15-32-23-13-28(8-5-9-28)37-26-19(23)10-17(14-33-26)12-27(2,3)4/h6-7,10,14,22-24,32,36H,5,8-9,11-13,15H2,1-4H3,(H,34,35)/t22-,23-,24-/m0/s1. The van der Waals surface area contributed by atoms with E-state index in [2.05, 4.69) is 42.5 Å². The highest BCUT2D eigenvalue weighted by atomic mass is 19.2. The number of hydrogen-bond donors (Lipinski definition) is 3. The summed E-state index contributed by atoms with van der Waals surface area (Å²) >= 11 is 0. The van der Waals surface area contributed by atoms with Gasteiger partial charge in [-0.3, -0.25) is 4.79 Å². The summed E-state index contributed by atoms with van der Waals surface area (Å²) in [5.41, 5.74) is 1.26. The third kappa shape index (κ3) is 6.44. The van der Waals surface area contributed by atoms with Gasteiger partial charge in [0.25, 0.3) is 0 Å². The third-order valence-electron chi connectivity index (χ3n) is 7.19. The van der Waals surface area contributed by atoms with Crippen LogP contribution in [0.2, 0.25) is 0 Å². The predicted molar refractivity (Wildman–Crippen MR) is 134 cm³/mol. The second-order valence-corrected chi connectivity index (χ2v) is 11.7. The van der Waals surface area contributed by atoms with Gasteiger partial charge in [-0.2, -0.15) is 0 Å². The molecule has 3 atom stereocenters. The number of aliphatic hydroxyl groups excluding tert-OH is 1. The lowest BCUT2D eigenvalue weighted by molar-refractivity contribution is -0.120. The van der Waals surface area contributed by atoms with Crippen LogP contribution in [0.1, 0.15) is 76.1 Å². The fourth-order valence-electron chi connectivity index (χ4n) is 5.27. The first-order chi connectivity index (χ1) is 17.4. The van der Waals surface area contributed by atoms with Gasteiger partial charge in [0.05, 0.1) is 12.1 Å². The molecule has 1 fully saturated rings. The number of rotatable bonds is 8. The molecular formula is C28H36F3N3O3. The minimum absolute atomic E-state index is 0.0349. The molecule has 6 nitrogen and oxygen atoms in total. The molecule has 0 saturated heterocycles. The van der Waals surface area contributed by atoms with Crippen molar-refractivity contribution in [3.8, 4) is 5.88 Å². The summed E-state index contributed by atoms with van der Waals surface area (Å²) in [6.45, 7) is 7.76. The summed E-state index contributed by atoms with van der Waals surface area (Å²) in [5, 5.41) is 16.9. The molecule has 1 aromatic carbocycles. The molecule has 1 amide bonds. The third-order valence-corrected chi connectivity index (χ3v) is 7.19. The van der Waals surface area contributed by atoms with Crippen LogP contribution in [-0.4, -0.2) is 40.3 Å². The Kier molecular flexibility index (Phi) is 7.85. The number of amides is 1. The maximum Gasteiger partial charge on any atom is 0.218 e. The van der Waals surface area contributed by atoms with E-state index >= 15 is 0 Å². The first kappa shape index (κ1) is 27.4. The molecule has 2 heterocycles. The quantitative estimate of drug-likeness (QED) is 0.447. The van der Waals surface area contributed by atoms with Gasteiger partial charge in [-0.1, -0.05) is 20.8 Å².